The number of nitrogens with zero attached hydrogens (tertiary/aromatic N) is 1. The van der Waals surface area contributed by atoms with Crippen molar-refractivity contribution in [2.24, 2.45) is 0 Å². The van der Waals surface area contributed by atoms with Gasteiger partial charge in [0.15, 0.2) is 0 Å². The van der Waals surface area contributed by atoms with Gasteiger partial charge in [-0.25, -0.2) is 0 Å². The molecule has 6 heteroatoms. The third kappa shape index (κ3) is 4.35. The van der Waals surface area contributed by atoms with Crippen molar-refractivity contribution in [1.82, 2.24) is 5.32 Å². The van der Waals surface area contributed by atoms with Crippen LogP contribution in [0.15, 0.2) is 66.7 Å². The molecule has 0 aromatic heterocycles. The zero-order valence-corrected chi connectivity index (χ0v) is 15.6. The lowest BCUT2D eigenvalue weighted by molar-refractivity contribution is -0.385. The maximum Gasteiger partial charge on any atom is 0.282 e. The topological polar surface area (TPSA) is 81.5 Å². The van der Waals surface area contributed by atoms with E-state index in [1.807, 2.05) is 49.4 Å². The van der Waals surface area contributed by atoms with Crippen LogP contribution in [0.3, 0.4) is 0 Å². The van der Waals surface area contributed by atoms with Crippen LogP contribution in [0.4, 0.5) is 5.69 Å². The Labute approximate surface area is 162 Å². The Morgan fingerprint density at radius 3 is 2.43 bits per heavy atom. The number of benzene rings is 3. The Morgan fingerprint density at radius 1 is 1.04 bits per heavy atom. The molecule has 0 heterocycles. The third-order valence-electron chi connectivity index (χ3n) is 4.38. The summed E-state index contributed by atoms with van der Waals surface area (Å²) < 4.78 is 5.07. The van der Waals surface area contributed by atoms with Gasteiger partial charge in [0.25, 0.3) is 11.6 Å². The maximum atomic E-state index is 12.5. The minimum atomic E-state index is -0.577. The van der Waals surface area contributed by atoms with Crippen LogP contribution in [0.2, 0.25) is 0 Å². The molecule has 0 saturated carbocycles. The minimum Gasteiger partial charge on any atom is -0.497 e. The number of hydrogen-bond donors (Lipinski definition) is 1. The lowest BCUT2D eigenvalue weighted by Crippen LogP contribution is -2.23. The fourth-order valence-electron chi connectivity index (χ4n) is 2.95. The van der Waals surface area contributed by atoms with E-state index in [2.05, 4.69) is 11.4 Å². The second kappa shape index (κ2) is 8.35. The molecule has 6 nitrogen and oxygen atoms in total. The van der Waals surface area contributed by atoms with E-state index in [0.29, 0.717) is 5.75 Å². The number of ether oxygens (including phenoxy) is 1. The van der Waals surface area contributed by atoms with Crippen molar-refractivity contribution in [3.05, 3.63) is 93.5 Å². The van der Waals surface area contributed by atoms with Crippen molar-refractivity contribution in [3.8, 4) is 16.9 Å². The van der Waals surface area contributed by atoms with Crippen molar-refractivity contribution in [2.45, 2.75) is 13.5 Å². The molecular formula is C22H20N2O4. The van der Waals surface area contributed by atoms with E-state index in [9.17, 15) is 14.9 Å². The molecule has 142 valence electrons. The summed E-state index contributed by atoms with van der Waals surface area (Å²) >= 11 is 0. The van der Waals surface area contributed by atoms with Gasteiger partial charge in [-0.2, -0.15) is 0 Å². The molecule has 0 radical (unpaired) electrons. The molecule has 0 saturated heterocycles. The molecule has 0 aliphatic carbocycles. The number of hydrogen-bond acceptors (Lipinski definition) is 4. The highest BCUT2D eigenvalue weighted by Crippen LogP contribution is 2.24. The normalized spacial score (nSPS) is 10.4. The van der Waals surface area contributed by atoms with Crippen molar-refractivity contribution < 1.29 is 14.5 Å². The number of nitro benzene ring substituents is 1. The summed E-state index contributed by atoms with van der Waals surface area (Å²) in [6, 6.07) is 20.1. The first-order chi connectivity index (χ1) is 13.5. The third-order valence-corrected chi connectivity index (χ3v) is 4.38. The predicted octanol–water partition coefficient (Wildman–Crippen LogP) is 4.51. The van der Waals surface area contributed by atoms with Crippen LogP contribution in [0.1, 0.15) is 21.5 Å². The molecule has 1 N–H and O–H groups in total. The molecule has 0 atom stereocenters. The Bertz CT molecular complexity index is 1030. The molecule has 0 fully saturated rings. The molecule has 3 aromatic carbocycles. The van der Waals surface area contributed by atoms with E-state index in [-0.39, 0.29) is 17.8 Å². The van der Waals surface area contributed by atoms with Crippen LogP contribution in [-0.4, -0.2) is 17.9 Å². The average molecular weight is 376 g/mol. The van der Waals surface area contributed by atoms with Gasteiger partial charge in [0.1, 0.15) is 11.3 Å². The maximum absolute atomic E-state index is 12.5. The molecule has 0 aliphatic rings. The number of carbonyl (C=O) groups excluding carboxylic acids is 1. The van der Waals surface area contributed by atoms with Gasteiger partial charge in [-0.15, -0.1) is 0 Å². The highest BCUT2D eigenvalue weighted by molar-refractivity contribution is 5.98. The van der Waals surface area contributed by atoms with E-state index >= 15 is 0 Å². The van der Waals surface area contributed by atoms with Crippen LogP contribution >= 0.6 is 0 Å². The van der Waals surface area contributed by atoms with Gasteiger partial charge in [0.05, 0.1) is 12.0 Å². The zero-order valence-electron chi connectivity index (χ0n) is 15.6. The second-order valence-corrected chi connectivity index (χ2v) is 6.39. The van der Waals surface area contributed by atoms with Gasteiger partial charge >= 0.3 is 0 Å². The summed E-state index contributed by atoms with van der Waals surface area (Å²) in [4.78, 5) is 23.2. The first-order valence-corrected chi connectivity index (χ1v) is 8.74. The lowest BCUT2D eigenvalue weighted by atomic mass is 10.0. The van der Waals surface area contributed by atoms with Crippen LogP contribution in [0.25, 0.3) is 11.1 Å². The van der Waals surface area contributed by atoms with Gasteiger partial charge in [-0.3, -0.25) is 14.9 Å². The Kier molecular flexibility index (Phi) is 5.69. The number of methoxy groups -OCH3 is 1. The van der Waals surface area contributed by atoms with Gasteiger partial charge in [0.2, 0.25) is 0 Å². The zero-order chi connectivity index (χ0) is 20.1. The highest BCUT2D eigenvalue weighted by atomic mass is 16.6. The molecular weight excluding hydrogens is 356 g/mol. The molecule has 3 aromatic rings. The van der Waals surface area contributed by atoms with Gasteiger partial charge in [-0.05, 0) is 41.8 Å². The predicted molar refractivity (Wildman–Crippen MR) is 107 cm³/mol. The number of rotatable bonds is 6. The summed E-state index contributed by atoms with van der Waals surface area (Å²) in [5.74, 6) is -0.135. The summed E-state index contributed by atoms with van der Waals surface area (Å²) in [6.07, 6.45) is 0. The highest BCUT2D eigenvalue weighted by Gasteiger charge is 2.20. The van der Waals surface area contributed by atoms with Crippen LogP contribution in [0.5, 0.6) is 5.75 Å². The molecule has 0 spiro atoms. The number of aryl methyl sites for hydroxylation is 1. The van der Waals surface area contributed by atoms with Crippen molar-refractivity contribution in [1.29, 1.82) is 0 Å². The minimum absolute atomic E-state index is 0.0285. The van der Waals surface area contributed by atoms with Gasteiger partial charge in [0, 0.05) is 12.6 Å². The van der Waals surface area contributed by atoms with Gasteiger partial charge < -0.3 is 10.1 Å². The summed E-state index contributed by atoms with van der Waals surface area (Å²) in [6.45, 7) is 2.29. The number of nitrogens with one attached hydrogen (secondary N) is 1. The number of nitro groups is 1. The molecule has 28 heavy (non-hydrogen) atoms. The van der Waals surface area contributed by atoms with E-state index in [1.54, 1.807) is 0 Å². The number of carbonyl (C=O) groups is 1. The van der Waals surface area contributed by atoms with E-state index < -0.39 is 10.8 Å². The standard InChI is InChI=1S/C22H20N2O4/c1-15-5-3-7-17(11-15)18-8-4-6-16(12-18)14-23-22(25)20-13-19(28-2)9-10-21(20)24(26)27/h3-13H,14H2,1-2H3,(H,23,25). The van der Waals surface area contributed by atoms with Crippen LogP contribution < -0.4 is 10.1 Å². The SMILES string of the molecule is COc1ccc([N+](=O)[O-])c(C(=O)NCc2cccc(-c3cccc(C)c3)c2)c1. The van der Waals surface area contributed by atoms with Crippen LogP contribution in [0, 0.1) is 17.0 Å². The number of amides is 1. The molecule has 0 unspecified atom stereocenters. The largest absolute Gasteiger partial charge is 0.497 e. The smallest absolute Gasteiger partial charge is 0.282 e. The molecule has 0 bridgehead atoms. The molecule has 3 rings (SSSR count). The van der Waals surface area contributed by atoms with Crippen molar-refractivity contribution in [3.63, 3.8) is 0 Å². The summed E-state index contributed by atoms with van der Waals surface area (Å²) in [5.41, 5.74) is 3.92. The van der Waals surface area contributed by atoms with Gasteiger partial charge in [-0.1, -0.05) is 48.0 Å². The Morgan fingerprint density at radius 2 is 1.75 bits per heavy atom. The van der Waals surface area contributed by atoms with Crippen LogP contribution in [-0.2, 0) is 6.54 Å². The monoisotopic (exact) mass is 376 g/mol. The first-order valence-electron chi connectivity index (χ1n) is 8.74. The average Bonchev–Trinajstić information content (AvgIpc) is 2.71. The van der Waals surface area contributed by atoms with E-state index in [0.717, 1.165) is 16.7 Å². The fraction of sp³-hybridized carbons (Fsp3) is 0.136. The second-order valence-electron chi connectivity index (χ2n) is 6.39. The lowest BCUT2D eigenvalue weighted by Gasteiger charge is -2.09. The van der Waals surface area contributed by atoms with E-state index in [1.165, 1.54) is 30.9 Å². The summed E-state index contributed by atoms with van der Waals surface area (Å²) in [5, 5.41) is 14.0. The fourth-order valence-corrected chi connectivity index (χ4v) is 2.95. The summed E-state index contributed by atoms with van der Waals surface area (Å²) in [7, 11) is 1.44. The first kappa shape index (κ1) is 19.1. The van der Waals surface area contributed by atoms with Crippen molar-refractivity contribution >= 4 is 11.6 Å². The quantitative estimate of drug-likeness (QED) is 0.507. The molecule has 1 amide bonds. The van der Waals surface area contributed by atoms with E-state index in [4.69, 9.17) is 4.74 Å². The Hall–Kier alpha value is -3.67. The Balaban J connectivity index is 1.79. The molecule has 0 aliphatic heterocycles. The van der Waals surface area contributed by atoms with Crippen molar-refractivity contribution in [2.75, 3.05) is 7.11 Å².